The third-order valence-electron chi connectivity index (χ3n) is 4.56. The highest BCUT2D eigenvalue weighted by Crippen LogP contribution is 2.51. The molecule has 104 valence electrons. The Hall–Kier alpha value is -0.870. The van der Waals surface area contributed by atoms with Gasteiger partial charge in [-0.15, -0.1) is 11.3 Å². The van der Waals surface area contributed by atoms with E-state index >= 15 is 0 Å². The maximum Gasteiger partial charge on any atom is 0.226 e. The molecule has 1 aliphatic carbocycles. The van der Waals surface area contributed by atoms with Gasteiger partial charge >= 0.3 is 0 Å². The number of hydrogen-bond acceptors (Lipinski definition) is 3. The van der Waals surface area contributed by atoms with Gasteiger partial charge in [-0.1, -0.05) is 0 Å². The summed E-state index contributed by atoms with van der Waals surface area (Å²) in [5.74, 6) is 1.23. The monoisotopic (exact) mass is 279 g/mol. The number of amides is 1. The predicted molar refractivity (Wildman–Crippen MR) is 76.3 cm³/mol. The van der Waals surface area contributed by atoms with Crippen LogP contribution in [0.2, 0.25) is 0 Å². The van der Waals surface area contributed by atoms with Gasteiger partial charge in [0.05, 0.1) is 6.10 Å². The highest BCUT2D eigenvalue weighted by molar-refractivity contribution is 7.10. The van der Waals surface area contributed by atoms with Gasteiger partial charge in [0.25, 0.3) is 0 Å². The summed E-state index contributed by atoms with van der Waals surface area (Å²) in [4.78, 5) is 15.8. The summed E-state index contributed by atoms with van der Waals surface area (Å²) in [6, 6.07) is 2.14. The number of rotatable bonds is 3. The summed E-state index contributed by atoms with van der Waals surface area (Å²) in [5, 5.41) is 11.7. The van der Waals surface area contributed by atoms with Crippen molar-refractivity contribution >= 4 is 17.2 Å². The first-order chi connectivity index (χ1) is 9.08. The van der Waals surface area contributed by atoms with Crippen LogP contribution in [0.1, 0.15) is 36.1 Å². The Kier molecular flexibility index (Phi) is 3.39. The van der Waals surface area contributed by atoms with E-state index in [1.54, 1.807) is 11.3 Å². The highest BCUT2D eigenvalue weighted by atomic mass is 32.1. The number of aliphatic hydroxyl groups is 1. The Bertz CT molecular complexity index is 482. The first kappa shape index (κ1) is 13.1. The number of carbonyl (C=O) groups is 1. The van der Waals surface area contributed by atoms with E-state index in [2.05, 4.69) is 18.4 Å². The lowest BCUT2D eigenvalue weighted by Crippen LogP contribution is -2.31. The van der Waals surface area contributed by atoms with E-state index < -0.39 is 0 Å². The first-order valence-electron chi connectivity index (χ1n) is 7.08. The molecule has 1 aromatic rings. The molecule has 3 nitrogen and oxygen atoms in total. The van der Waals surface area contributed by atoms with Crippen LogP contribution >= 0.6 is 11.3 Å². The summed E-state index contributed by atoms with van der Waals surface area (Å²) in [6.07, 6.45) is 1.65. The van der Waals surface area contributed by atoms with Crippen molar-refractivity contribution in [2.24, 2.45) is 11.8 Å². The van der Waals surface area contributed by atoms with Gasteiger partial charge in [-0.3, -0.25) is 4.79 Å². The molecule has 0 aromatic carbocycles. The molecule has 19 heavy (non-hydrogen) atoms. The molecule has 2 heterocycles. The van der Waals surface area contributed by atoms with Gasteiger partial charge in [-0.25, -0.2) is 0 Å². The first-order valence-corrected chi connectivity index (χ1v) is 7.96. The van der Waals surface area contributed by atoms with Crippen LogP contribution in [-0.2, 0) is 4.79 Å². The summed E-state index contributed by atoms with van der Waals surface area (Å²) in [6.45, 7) is 5.52. The van der Waals surface area contributed by atoms with Crippen LogP contribution in [0.15, 0.2) is 11.4 Å². The van der Waals surface area contributed by atoms with Gasteiger partial charge in [-0.05, 0) is 43.7 Å². The number of hydrogen-bond donors (Lipinski definition) is 1. The predicted octanol–water partition coefficient (Wildman–Crippen LogP) is 2.39. The van der Waals surface area contributed by atoms with Crippen molar-refractivity contribution in [2.45, 2.75) is 38.7 Å². The lowest BCUT2D eigenvalue weighted by Gasteiger charge is -2.17. The Labute approximate surface area is 118 Å². The second kappa shape index (κ2) is 4.91. The fourth-order valence-corrected chi connectivity index (χ4v) is 4.25. The zero-order chi connectivity index (χ0) is 13.6. The molecule has 2 aliphatic rings. The minimum Gasteiger partial charge on any atom is -0.393 e. The molecule has 1 aliphatic heterocycles. The molecule has 0 bridgehead atoms. The number of aliphatic hydroxyl groups excluding tert-OH is 1. The molecule has 2 fully saturated rings. The molecule has 1 aromatic heterocycles. The van der Waals surface area contributed by atoms with Crippen LogP contribution in [-0.4, -0.2) is 35.1 Å². The maximum atomic E-state index is 12.4. The van der Waals surface area contributed by atoms with E-state index in [0.717, 1.165) is 25.9 Å². The average molecular weight is 279 g/mol. The van der Waals surface area contributed by atoms with Crippen molar-refractivity contribution in [3.63, 3.8) is 0 Å². The van der Waals surface area contributed by atoms with E-state index in [1.165, 1.54) is 10.4 Å². The number of nitrogens with zero attached hydrogens (tertiary/aromatic N) is 1. The fraction of sp³-hybridized carbons (Fsp3) is 0.667. The van der Waals surface area contributed by atoms with Crippen LogP contribution in [0.5, 0.6) is 0 Å². The summed E-state index contributed by atoms with van der Waals surface area (Å²) in [7, 11) is 0. The lowest BCUT2D eigenvalue weighted by molar-refractivity contribution is -0.131. The molecule has 3 rings (SSSR count). The quantitative estimate of drug-likeness (QED) is 0.923. The van der Waals surface area contributed by atoms with Crippen LogP contribution in [0.4, 0.5) is 0 Å². The van der Waals surface area contributed by atoms with Crippen molar-refractivity contribution < 1.29 is 9.90 Å². The van der Waals surface area contributed by atoms with E-state index in [1.807, 2.05) is 11.8 Å². The second-order valence-corrected chi connectivity index (χ2v) is 6.94. The van der Waals surface area contributed by atoms with E-state index in [0.29, 0.717) is 11.8 Å². The van der Waals surface area contributed by atoms with Crippen molar-refractivity contribution in [3.8, 4) is 0 Å². The Morgan fingerprint density at radius 2 is 2.37 bits per heavy atom. The Morgan fingerprint density at radius 1 is 1.58 bits per heavy atom. The minimum atomic E-state index is -0.299. The number of carbonyl (C=O) groups excluding carboxylic acids is 1. The average Bonchev–Trinajstić information content (AvgIpc) is 2.82. The standard InChI is InChI=1S/C15H21NO2S/c1-9-4-6-19-14(9)12-7-13(12)15(18)16-5-3-11(8-16)10(2)17/h4,6,10-13,17H,3,5,7-8H2,1-2H3. The van der Waals surface area contributed by atoms with Crippen LogP contribution in [0, 0.1) is 18.8 Å². The van der Waals surface area contributed by atoms with Crippen molar-refractivity contribution in [3.05, 3.63) is 21.9 Å². The molecule has 1 N–H and O–H groups in total. The second-order valence-electron chi connectivity index (χ2n) is 5.99. The molecule has 1 saturated carbocycles. The van der Waals surface area contributed by atoms with Gasteiger partial charge in [0, 0.05) is 35.7 Å². The van der Waals surface area contributed by atoms with Gasteiger partial charge in [0.2, 0.25) is 5.91 Å². The normalized spacial score (nSPS) is 31.5. The Balaban J connectivity index is 1.60. The summed E-state index contributed by atoms with van der Waals surface area (Å²) >= 11 is 1.78. The molecule has 4 atom stereocenters. The largest absolute Gasteiger partial charge is 0.393 e. The van der Waals surface area contributed by atoms with Crippen LogP contribution in [0.3, 0.4) is 0 Å². The van der Waals surface area contributed by atoms with Crippen molar-refractivity contribution in [1.82, 2.24) is 4.90 Å². The molecule has 0 radical (unpaired) electrons. The topological polar surface area (TPSA) is 40.5 Å². The smallest absolute Gasteiger partial charge is 0.226 e. The summed E-state index contributed by atoms with van der Waals surface area (Å²) < 4.78 is 0. The maximum absolute atomic E-state index is 12.4. The van der Waals surface area contributed by atoms with Crippen LogP contribution < -0.4 is 0 Å². The molecule has 0 spiro atoms. The number of thiophene rings is 1. The van der Waals surface area contributed by atoms with Crippen LogP contribution in [0.25, 0.3) is 0 Å². The third kappa shape index (κ3) is 2.43. The van der Waals surface area contributed by atoms with Crippen molar-refractivity contribution in [2.75, 3.05) is 13.1 Å². The van der Waals surface area contributed by atoms with Gasteiger partial charge in [-0.2, -0.15) is 0 Å². The van der Waals surface area contributed by atoms with Gasteiger partial charge in [0.15, 0.2) is 0 Å². The molecule has 1 saturated heterocycles. The van der Waals surface area contributed by atoms with Gasteiger partial charge in [0.1, 0.15) is 0 Å². The number of aryl methyl sites for hydroxylation is 1. The minimum absolute atomic E-state index is 0.199. The Morgan fingerprint density at radius 3 is 2.95 bits per heavy atom. The highest BCUT2D eigenvalue weighted by Gasteiger charge is 2.48. The van der Waals surface area contributed by atoms with E-state index in [-0.39, 0.29) is 17.9 Å². The van der Waals surface area contributed by atoms with Crippen molar-refractivity contribution in [1.29, 1.82) is 0 Å². The molecule has 4 heteroatoms. The summed E-state index contributed by atoms with van der Waals surface area (Å²) in [5.41, 5.74) is 1.33. The molecule has 4 unspecified atom stereocenters. The molecular weight excluding hydrogens is 258 g/mol. The molecular formula is C15H21NO2S. The molecule has 1 amide bonds. The lowest BCUT2D eigenvalue weighted by atomic mass is 10.0. The van der Waals surface area contributed by atoms with E-state index in [9.17, 15) is 9.90 Å². The van der Waals surface area contributed by atoms with Gasteiger partial charge < -0.3 is 10.0 Å². The zero-order valence-electron chi connectivity index (χ0n) is 11.5. The van der Waals surface area contributed by atoms with E-state index in [4.69, 9.17) is 0 Å². The zero-order valence-corrected chi connectivity index (χ0v) is 12.3. The number of likely N-dealkylation sites (tertiary alicyclic amines) is 1. The SMILES string of the molecule is Cc1ccsc1C1CC1C(=O)N1CCC(C(C)O)C1. The fourth-order valence-electron chi connectivity index (χ4n) is 3.14. The third-order valence-corrected chi connectivity index (χ3v) is 5.72.